The second-order valence-corrected chi connectivity index (χ2v) is 15.2. The molecule has 16 heteroatoms. The zero-order valence-corrected chi connectivity index (χ0v) is 30.6. The number of benzene rings is 1. The van der Waals surface area contributed by atoms with E-state index in [0.717, 1.165) is 0 Å². The molecule has 4 bridgehead atoms. The van der Waals surface area contributed by atoms with E-state index in [0.29, 0.717) is 5.75 Å². The maximum Gasteiger partial charge on any atom is 0.338 e. The Bertz CT molecular complexity index is 1730. The van der Waals surface area contributed by atoms with Crippen molar-refractivity contribution in [3.05, 3.63) is 29.8 Å². The summed E-state index contributed by atoms with van der Waals surface area (Å²) in [4.78, 5) is 79.9. The molecule has 0 spiro atoms. The number of ether oxygens (including phenoxy) is 9. The van der Waals surface area contributed by atoms with E-state index in [4.69, 9.17) is 48.4 Å². The summed E-state index contributed by atoms with van der Waals surface area (Å²) in [6, 6.07) is 5.35. The molecular weight excluding hydrogens is 698 g/mol. The Balaban J connectivity index is 1.49. The third-order valence-electron chi connectivity index (χ3n) is 13.1. The molecule has 53 heavy (non-hydrogen) atoms. The first-order valence-electron chi connectivity index (χ1n) is 17.7. The van der Waals surface area contributed by atoms with Crippen LogP contribution >= 0.6 is 0 Å². The summed E-state index contributed by atoms with van der Waals surface area (Å²) in [7, 11) is 4.39. The molecule has 288 valence electrons. The van der Waals surface area contributed by atoms with Crippen molar-refractivity contribution >= 4 is 35.8 Å². The largest absolute Gasteiger partial charge is 0.497 e. The monoisotopic (exact) mass is 743 g/mol. The van der Waals surface area contributed by atoms with Crippen LogP contribution in [0.15, 0.2) is 24.3 Å². The van der Waals surface area contributed by atoms with Gasteiger partial charge < -0.3 is 48.4 Å². The average Bonchev–Trinajstić information content (AvgIpc) is 3.62. The molecule has 0 aromatic heterocycles. The first-order chi connectivity index (χ1) is 25.1. The van der Waals surface area contributed by atoms with Gasteiger partial charge in [0.05, 0.1) is 24.7 Å². The van der Waals surface area contributed by atoms with Gasteiger partial charge in [0.15, 0.2) is 11.7 Å². The van der Waals surface area contributed by atoms with Crippen LogP contribution in [0, 0.1) is 34.5 Å². The Morgan fingerprint density at radius 2 is 1.43 bits per heavy atom. The van der Waals surface area contributed by atoms with Gasteiger partial charge >= 0.3 is 35.8 Å². The van der Waals surface area contributed by atoms with Crippen LogP contribution in [-0.2, 0) is 61.9 Å². The Morgan fingerprint density at radius 3 is 2.00 bits per heavy atom. The highest BCUT2D eigenvalue weighted by Crippen LogP contribution is 2.80. The van der Waals surface area contributed by atoms with Gasteiger partial charge in [0.25, 0.3) is 0 Å². The summed E-state index contributed by atoms with van der Waals surface area (Å²) in [5.41, 5.74) is 1.37. The van der Waals surface area contributed by atoms with E-state index in [2.05, 4.69) is 0 Å². The van der Waals surface area contributed by atoms with Crippen LogP contribution in [0.3, 0.4) is 0 Å². The normalized spacial score (nSPS) is 42.5. The van der Waals surface area contributed by atoms with Crippen molar-refractivity contribution in [1.29, 1.82) is 0 Å². The second-order valence-electron chi connectivity index (χ2n) is 15.2. The molecule has 6 aliphatic rings. The van der Waals surface area contributed by atoms with E-state index in [9.17, 15) is 28.8 Å². The van der Waals surface area contributed by atoms with Crippen molar-refractivity contribution in [3.8, 4) is 5.75 Å². The van der Waals surface area contributed by atoms with Crippen LogP contribution in [0.5, 0.6) is 5.75 Å². The lowest BCUT2D eigenvalue weighted by Crippen LogP contribution is -2.75. The van der Waals surface area contributed by atoms with Gasteiger partial charge in [0.1, 0.15) is 41.7 Å². The molecule has 1 aromatic carbocycles. The number of rotatable bonds is 10. The molecule has 7 rings (SSSR count). The van der Waals surface area contributed by atoms with Gasteiger partial charge in [-0.15, -0.1) is 0 Å². The third-order valence-corrected chi connectivity index (χ3v) is 13.1. The van der Waals surface area contributed by atoms with E-state index < -0.39 is 125 Å². The molecule has 0 radical (unpaired) electrons. The van der Waals surface area contributed by atoms with Gasteiger partial charge in [-0.3, -0.25) is 24.0 Å². The van der Waals surface area contributed by atoms with Gasteiger partial charge in [-0.2, -0.15) is 0 Å². The molecule has 1 aromatic rings. The number of fused-ring (bicyclic) bond motifs is 2. The van der Waals surface area contributed by atoms with Crippen LogP contribution in [0.1, 0.15) is 57.3 Å². The number of hydrogen-bond donors (Lipinski definition) is 1. The number of hydrogen-bond acceptors (Lipinski definition) is 16. The third kappa shape index (κ3) is 4.83. The first-order valence-corrected chi connectivity index (χ1v) is 17.7. The quantitative estimate of drug-likeness (QED) is 0.264. The predicted octanol–water partition coefficient (Wildman–Crippen LogP) is 1.28. The summed E-state index contributed by atoms with van der Waals surface area (Å²) in [5, 5.41) is 0. The van der Waals surface area contributed by atoms with E-state index in [-0.39, 0.29) is 24.8 Å². The topological polar surface area (TPSA) is 212 Å². The minimum absolute atomic E-state index is 0.0150. The number of methoxy groups -OCH3 is 3. The van der Waals surface area contributed by atoms with E-state index in [1.807, 2.05) is 0 Å². The van der Waals surface area contributed by atoms with Crippen molar-refractivity contribution in [2.45, 2.75) is 94.7 Å². The van der Waals surface area contributed by atoms with E-state index in [1.165, 1.54) is 61.2 Å². The average molecular weight is 744 g/mol. The molecule has 5 aliphatic carbocycles. The number of nitrogens with two attached hydrogens (primary N) is 1. The van der Waals surface area contributed by atoms with Crippen molar-refractivity contribution in [1.82, 2.24) is 0 Å². The fourth-order valence-electron chi connectivity index (χ4n) is 11.9. The summed E-state index contributed by atoms with van der Waals surface area (Å²) in [6.45, 7) is 4.38. The highest BCUT2D eigenvalue weighted by Gasteiger charge is 2.92. The molecule has 1 saturated heterocycles. The lowest BCUT2D eigenvalue weighted by Gasteiger charge is -2.63. The van der Waals surface area contributed by atoms with Crippen LogP contribution in [0.2, 0.25) is 0 Å². The zero-order chi connectivity index (χ0) is 38.4. The molecule has 1 heterocycles. The number of carbonyl (C=O) groups is 6. The van der Waals surface area contributed by atoms with Gasteiger partial charge in [0, 0.05) is 78.0 Å². The van der Waals surface area contributed by atoms with Gasteiger partial charge in [-0.1, -0.05) is 0 Å². The summed E-state index contributed by atoms with van der Waals surface area (Å²) in [5.74, 6) is -7.26. The number of carbonyl (C=O) groups excluding carboxylic acids is 6. The van der Waals surface area contributed by atoms with Gasteiger partial charge in [-0.25, -0.2) is 4.79 Å². The molecule has 6 fully saturated rings. The summed E-state index contributed by atoms with van der Waals surface area (Å²) < 4.78 is 54.5. The molecular formula is C37H45NO15. The van der Waals surface area contributed by atoms with E-state index >= 15 is 0 Å². The lowest BCUT2D eigenvalue weighted by molar-refractivity contribution is -0.273. The standard InChI is InChI=1S/C37H45NO15/c1-16(39)48-15-34-23(49-17(2)40)12-24(46-6)37-22-13-35(52-18(3)41)25(47-7)14-36(53-19(4)42,27(30(37)38)28(29(34)37)50-33(34)44)26(22)31(35)51-32(43)20-8-10-21(45-5)11-9-20/h8-11,22-31H,12-15,38H2,1-7H3/t22-,23-,24+,25+,26-,27+,28+,29-,30?,31-,34-,35+,36-,37+/m1/s1. The van der Waals surface area contributed by atoms with Crippen molar-refractivity contribution in [3.63, 3.8) is 0 Å². The lowest BCUT2D eigenvalue weighted by atomic mass is 9.45. The molecule has 2 N–H and O–H groups in total. The minimum Gasteiger partial charge on any atom is -0.497 e. The summed E-state index contributed by atoms with van der Waals surface area (Å²) >= 11 is 0. The highest BCUT2D eigenvalue weighted by molar-refractivity contribution is 5.90. The van der Waals surface area contributed by atoms with Crippen molar-refractivity contribution < 1.29 is 71.4 Å². The molecule has 1 unspecified atom stereocenters. The first kappa shape index (κ1) is 37.1. The number of esters is 6. The van der Waals surface area contributed by atoms with Crippen LogP contribution in [0.25, 0.3) is 0 Å². The zero-order valence-electron chi connectivity index (χ0n) is 30.6. The minimum atomic E-state index is -1.75. The molecule has 1 aliphatic heterocycles. The second kappa shape index (κ2) is 12.7. The molecule has 16 nitrogen and oxygen atoms in total. The Morgan fingerprint density at radius 1 is 0.792 bits per heavy atom. The van der Waals surface area contributed by atoms with E-state index in [1.54, 1.807) is 12.1 Å². The van der Waals surface area contributed by atoms with Gasteiger partial charge in [0.2, 0.25) is 0 Å². The Hall–Kier alpha value is -4.28. The predicted molar refractivity (Wildman–Crippen MR) is 176 cm³/mol. The van der Waals surface area contributed by atoms with Crippen LogP contribution in [0.4, 0.5) is 0 Å². The molecule has 5 saturated carbocycles. The maximum atomic E-state index is 14.5. The molecule has 14 atom stereocenters. The Kier molecular flexibility index (Phi) is 8.85. The van der Waals surface area contributed by atoms with Crippen molar-refractivity contribution in [2.75, 3.05) is 27.9 Å². The maximum absolute atomic E-state index is 14.5. The Labute approximate surface area is 305 Å². The van der Waals surface area contributed by atoms with Gasteiger partial charge in [-0.05, 0) is 36.6 Å². The van der Waals surface area contributed by atoms with Crippen LogP contribution in [-0.4, -0.2) is 112 Å². The fourth-order valence-corrected chi connectivity index (χ4v) is 11.9. The SMILES string of the molecule is COc1ccc(C(=O)O[C@@H]2[C@H]3[C@H]4C[C@]2(OC(C)=O)[C@@H](OC)C[C@]3(OC(C)=O)[C@@H]2C(N)[C@]43[C@@H](OC)C[C@@H](OC(C)=O)[C@@]4(COC(C)=O)C(=O)O[C@@H]2[C@H]43)cc1. The smallest absolute Gasteiger partial charge is 0.338 e. The highest BCUT2D eigenvalue weighted by atomic mass is 16.6. The van der Waals surface area contributed by atoms with Crippen molar-refractivity contribution in [2.24, 2.45) is 40.2 Å². The molecule has 0 amide bonds. The fraction of sp³-hybridized carbons (Fsp3) is 0.676. The summed E-state index contributed by atoms with van der Waals surface area (Å²) in [6.07, 6.45) is -5.45. The van der Waals surface area contributed by atoms with Crippen LogP contribution < -0.4 is 10.5 Å².